The van der Waals surface area contributed by atoms with E-state index in [1.165, 1.54) is 6.08 Å². The van der Waals surface area contributed by atoms with Gasteiger partial charge in [0.25, 0.3) is 0 Å². The van der Waals surface area contributed by atoms with Gasteiger partial charge in [-0.2, -0.15) is 0 Å². The third-order valence-corrected chi connectivity index (χ3v) is 3.73. The fraction of sp³-hybridized carbons (Fsp3) is 0. The summed E-state index contributed by atoms with van der Waals surface area (Å²) in [6.07, 6.45) is 6.33. The Balaban J connectivity index is 2.94. The Labute approximate surface area is 104 Å². The molecule has 16 heavy (non-hydrogen) atoms. The lowest BCUT2D eigenvalue weighted by molar-refractivity contribution is 0.604. The smallest absolute Gasteiger partial charge is 0.199 e. The molecule has 0 saturated carbocycles. The molecule has 0 saturated heterocycles. The second-order valence-electron chi connectivity index (χ2n) is 2.95. The minimum absolute atomic E-state index is 0.277. The molecule has 0 unspecified atom stereocenters. The Bertz CT molecular complexity index is 510. The van der Waals surface area contributed by atoms with E-state index < -0.39 is 9.84 Å². The first-order valence-corrected chi connectivity index (χ1v) is 6.86. The molecule has 0 spiro atoms. The van der Waals surface area contributed by atoms with Crippen molar-refractivity contribution < 1.29 is 8.42 Å². The second kappa shape index (κ2) is 5.82. The molecule has 1 aromatic carbocycles. The highest BCUT2D eigenvalue weighted by Gasteiger charge is 2.08. The highest BCUT2D eigenvalue weighted by Crippen LogP contribution is 2.16. The van der Waals surface area contributed by atoms with Crippen molar-refractivity contribution in [3.63, 3.8) is 0 Å². The van der Waals surface area contributed by atoms with Crippen molar-refractivity contribution >= 4 is 25.8 Å². The maximum absolute atomic E-state index is 11.7. The van der Waals surface area contributed by atoms with Gasteiger partial charge in [-0.3, -0.25) is 0 Å². The second-order valence-corrected chi connectivity index (χ2v) is 5.70. The molecule has 1 rings (SSSR count). The average molecular weight is 299 g/mol. The van der Waals surface area contributed by atoms with Crippen LogP contribution in [-0.4, -0.2) is 8.42 Å². The maximum Gasteiger partial charge on any atom is 0.199 e. The van der Waals surface area contributed by atoms with Gasteiger partial charge in [0, 0.05) is 9.88 Å². The number of allylic oxidation sites excluding steroid dienone is 4. The summed E-state index contributed by atoms with van der Waals surface area (Å²) in [7, 11) is -3.34. The van der Waals surface area contributed by atoms with Crippen molar-refractivity contribution in [3.05, 3.63) is 65.0 Å². The summed E-state index contributed by atoms with van der Waals surface area (Å²) in [5.74, 6) is 0. The molecule has 0 atom stereocenters. The van der Waals surface area contributed by atoms with Crippen LogP contribution in [0.3, 0.4) is 0 Å². The van der Waals surface area contributed by atoms with Gasteiger partial charge in [-0.1, -0.05) is 46.8 Å². The van der Waals surface area contributed by atoms with Crippen molar-refractivity contribution in [2.24, 2.45) is 0 Å². The molecular formula is C12H11BrO2S. The van der Waals surface area contributed by atoms with E-state index in [0.717, 1.165) is 9.88 Å². The van der Waals surface area contributed by atoms with Gasteiger partial charge in [0.2, 0.25) is 0 Å². The molecule has 2 nitrogen and oxygen atoms in total. The Morgan fingerprint density at radius 2 is 1.69 bits per heavy atom. The van der Waals surface area contributed by atoms with Crippen LogP contribution in [0, 0.1) is 0 Å². The Morgan fingerprint density at radius 1 is 1.06 bits per heavy atom. The molecule has 0 aliphatic rings. The molecule has 0 aliphatic heterocycles. The molecule has 0 radical (unpaired) electrons. The predicted octanol–water partition coefficient (Wildman–Crippen LogP) is 3.48. The highest BCUT2D eigenvalue weighted by atomic mass is 79.9. The van der Waals surface area contributed by atoms with Crippen molar-refractivity contribution in [1.29, 1.82) is 0 Å². The number of rotatable bonds is 4. The van der Waals surface area contributed by atoms with E-state index >= 15 is 0 Å². The molecule has 0 amide bonds. The van der Waals surface area contributed by atoms with Crippen LogP contribution in [0.15, 0.2) is 69.9 Å². The zero-order valence-electron chi connectivity index (χ0n) is 8.51. The Kier molecular flexibility index (Phi) is 4.71. The summed E-state index contributed by atoms with van der Waals surface area (Å²) in [4.78, 5) is 0.277. The van der Waals surface area contributed by atoms with Gasteiger partial charge in [-0.25, -0.2) is 8.42 Å². The van der Waals surface area contributed by atoms with Crippen LogP contribution < -0.4 is 0 Å². The molecule has 0 fully saturated rings. The van der Waals surface area contributed by atoms with Crippen LogP contribution in [0.1, 0.15) is 0 Å². The quantitative estimate of drug-likeness (QED) is 0.798. The summed E-state index contributed by atoms with van der Waals surface area (Å²) in [5.41, 5.74) is 0. The van der Waals surface area contributed by atoms with Crippen molar-refractivity contribution in [1.82, 2.24) is 0 Å². The molecule has 4 heteroatoms. The van der Waals surface area contributed by atoms with Crippen LogP contribution in [0.25, 0.3) is 0 Å². The lowest BCUT2D eigenvalue weighted by Gasteiger charge is -1.98. The van der Waals surface area contributed by atoms with Crippen molar-refractivity contribution in [3.8, 4) is 0 Å². The van der Waals surface area contributed by atoms with Crippen LogP contribution in [0.2, 0.25) is 0 Å². The summed E-state index contributed by atoms with van der Waals surface area (Å²) in [6.45, 7) is 3.49. The van der Waals surface area contributed by atoms with Gasteiger partial charge in [0.05, 0.1) is 4.90 Å². The molecular weight excluding hydrogens is 288 g/mol. The summed E-state index contributed by atoms with van der Waals surface area (Å²) in [6, 6.07) is 6.50. The molecule has 0 aromatic heterocycles. The standard InChI is InChI=1S/C12H11BrO2S/c1-2-3-4-5-10-16(14,15)12-8-6-11(13)7-9-12/h2-10H,1H2/b4-3-,10-5-. The van der Waals surface area contributed by atoms with E-state index in [9.17, 15) is 8.42 Å². The number of hydrogen-bond donors (Lipinski definition) is 0. The lowest BCUT2D eigenvalue weighted by atomic mass is 10.4. The monoisotopic (exact) mass is 298 g/mol. The van der Waals surface area contributed by atoms with E-state index in [1.54, 1.807) is 42.5 Å². The minimum Gasteiger partial charge on any atom is -0.219 e. The largest absolute Gasteiger partial charge is 0.219 e. The topological polar surface area (TPSA) is 34.1 Å². The number of halogens is 1. The minimum atomic E-state index is -3.34. The molecule has 0 heterocycles. The van der Waals surface area contributed by atoms with Gasteiger partial charge >= 0.3 is 0 Å². The number of benzene rings is 1. The fourth-order valence-electron chi connectivity index (χ4n) is 0.994. The van der Waals surface area contributed by atoms with Crippen LogP contribution in [0.5, 0.6) is 0 Å². The SMILES string of the molecule is C=C/C=C\C=C/S(=O)(=O)c1ccc(Br)cc1. The number of sulfone groups is 1. The molecule has 0 bridgehead atoms. The first kappa shape index (κ1) is 12.9. The summed E-state index contributed by atoms with van der Waals surface area (Å²) in [5, 5.41) is 1.16. The lowest BCUT2D eigenvalue weighted by Crippen LogP contribution is -1.95. The van der Waals surface area contributed by atoms with Crippen LogP contribution in [0.4, 0.5) is 0 Å². The van der Waals surface area contributed by atoms with Gasteiger partial charge in [0.1, 0.15) is 0 Å². The van der Waals surface area contributed by atoms with Crippen LogP contribution in [-0.2, 0) is 9.84 Å². The van der Waals surface area contributed by atoms with Crippen molar-refractivity contribution in [2.75, 3.05) is 0 Å². The first-order valence-electron chi connectivity index (χ1n) is 4.53. The van der Waals surface area contributed by atoms with Crippen molar-refractivity contribution in [2.45, 2.75) is 4.90 Å². The predicted molar refractivity (Wildman–Crippen MR) is 69.8 cm³/mol. The summed E-state index contributed by atoms with van der Waals surface area (Å²) < 4.78 is 24.3. The van der Waals surface area contributed by atoms with Gasteiger partial charge in [-0.15, -0.1) is 0 Å². The van der Waals surface area contributed by atoms with E-state index in [4.69, 9.17) is 0 Å². The fourth-order valence-corrected chi connectivity index (χ4v) is 2.23. The van der Waals surface area contributed by atoms with Gasteiger partial charge in [-0.05, 0) is 24.3 Å². The maximum atomic E-state index is 11.7. The van der Waals surface area contributed by atoms with E-state index in [0.29, 0.717) is 0 Å². The van der Waals surface area contributed by atoms with E-state index in [-0.39, 0.29) is 4.90 Å². The van der Waals surface area contributed by atoms with Gasteiger partial charge < -0.3 is 0 Å². The molecule has 0 N–H and O–H groups in total. The number of hydrogen-bond acceptors (Lipinski definition) is 2. The normalized spacial score (nSPS) is 12.3. The zero-order valence-corrected chi connectivity index (χ0v) is 10.9. The van der Waals surface area contributed by atoms with E-state index in [2.05, 4.69) is 22.5 Å². The van der Waals surface area contributed by atoms with E-state index in [1.807, 2.05) is 0 Å². The zero-order chi connectivity index (χ0) is 12.0. The summed E-state index contributed by atoms with van der Waals surface area (Å²) >= 11 is 3.25. The highest BCUT2D eigenvalue weighted by molar-refractivity contribution is 9.10. The Morgan fingerprint density at radius 3 is 2.25 bits per heavy atom. The third-order valence-electron chi connectivity index (χ3n) is 1.76. The molecule has 0 aliphatic carbocycles. The average Bonchev–Trinajstić information content (AvgIpc) is 2.25. The van der Waals surface area contributed by atoms with Crippen LogP contribution >= 0.6 is 15.9 Å². The molecule has 84 valence electrons. The molecule has 1 aromatic rings. The third kappa shape index (κ3) is 3.79. The Hall–Kier alpha value is -1.13. The van der Waals surface area contributed by atoms with Gasteiger partial charge in [0.15, 0.2) is 9.84 Å². The first-order chi connectivity index (χ1) is 7.56.